The summed E-state index contributed by atoms with van der Waals surface area (Å²) in [4.78, 5) is 25.1. The van der Waals surface area contributed by atoms with Crippen molar-refractivity contribution in [1.82, 2.24) is 19.8 Å². The third-order valence-corrected chi connectivity index (χ3v) is 5.52. The van der Waals surface area contributed by atoms with Gasteiger partial charge in [0.15, 0.2) is 0 Å². The number of hydrogen-bond donors (Lipinski definition) is 1. The maximum atomic E-state index is 13.0. The number of nitrogens with zero attached hydrogens (tertiary/aromatic N) is 3. The number of fused-ring (bicyclic) bond motifs is 1. The molecule has 0 radical (unpaired) electrons. The Hall–Kier alpha value is -1.88. The molecule has 4 heterocycles. The van der Waals surface area contributed by atoms with Crippen LogP contribution in [0.15, 0.2) is 24.5 Å². The van der Waals surface area contributed by atoms with Crippen LogP contribution < -0.4 is 0 Å². The minimum absolute atomic E-state index is 0.147. The van der Waals surface area contributed by atoms with E-state index in [1.54, 1.807) is 6.20 Å². The van der Waals surface area contributed by atoms with Crippen LogP contribution in [0, 0.1) is 0 Å². The SMILES string of the molecule is O=C(c1c[nH]c2ncccc12)N1CCC[C@H](N2CCCCCC2)C1. The predicted octanol–water partition coefficient (Wildman–Crippen LogP) is 3.04. The van der Waals surface area contributed by atoms with Gasteiger partial charge in [-0.15, -0.1) is 0 Å². The van der Waals surface area contributed by atoms with Gasteiger partial charge in [-0.1, -0.05) is 12.8 Å². The molecule has 4 rings (SSSR count). The van der Waals surface area contributed by atoms with Crippen LogP contribution in [0.4, 0.5) is 0 Å². The molecule has 0 unspecified atom stereocenters. The Balaban J connectivity index is 1.50. The smallest absolute Gasteiger partial charge is 0.256 e. The molecule has 0 aromatic carbocycles. The lowest BCUT2D eigenvalue weighted by Crippen LogP contribution is -2.50. The van der Waals surface area contributed by atoms with Crippen LogP contribution in [0.2, 0.25) is 0 Å². The third kappa shape index (κ3) is 3.05. The van der Waals surface area contributed by atoms with Gasteiger partial charge in [0.05, 0.1) is 5.56 Å². The van der Waals surface area contributed by atoms with Crippen molar-refractivity contribution >= 4 is 16.9 Å². The van der Waals surface area contributed by atoms with Gasteiger partial charge >= 0.3 is 0 Å². The van der Waals surface area contributed by atoms with Crippen molar-refractivity contribution in [3.8, 4) is 0 Å². The van der Waals surface area contributed by atoms with Crippen molar-refractivity contribution in [3.05, 3.63) is 30.1 Å². The van der Waals surface area contributed by atoms with Crippen LogP contribution in [-0.4, -0.2) is 57.9 Å². The van der Waals surface area contributed by atoms with Gasteiger partial charge < -0.3 is 9.88 Å². The summed E-state index contributed by atoms with van der Waals surface area (Å²) in [6.45, 7) is 4.13. The number of aromatic nitrogens is 2. The van der Waals surface area contributed by atoms with Gasteiger partial charge in [0.25, 0.3) is 5.91 Å². The van der Waals surface area contributed by atoms with Crippen LogP contribution in [0.3, 0.4) is 0 Å². The van der Waals surface area contributed by atoms with Crippen LogP contribution >= 0.6 is 0 Å². The van der Waals surface area contributed by atoms with E-state index in [2.05, 4.69) is 19.8 Å². The molecular formula is C19H26N4O. The number of aromatic amines is 1. The van der Waals surface area contributed by atoms with E-state index in [0.29, 0.717) is 6.04 Å². The summed E-state index contributed by atoms with van der Waals surface area (Å²) in [6.07, 6.45) is 11.2. The zero-order valence-electron chi connectivity index (χ0n) is 14.2. The first-order chi connectivity index (χ1) is 11.8. The molecule has 5 nitrogen and oxygen atoms in total. The second-order valence-electron chi connectivity index (χ2n) is 7.10. The second kappa shape index (κ2) is 6.93. The first-order valence-corrected chi connectivity index (χ1v) is 9.28. The lowest BCUT2D eigenvalue weighted by molar-refractivity contribution is 0.0581. The van der Waals surface area contributed by atoms with Crippen LogP contribution in [0.1, 0.15) is 48.9 Å². The summed E-state index contributed by atoms with van der Waals surface area (Å²) in [7, 11) is 0. The number of carbonyl (C=O) groups excluding carboxylic acids is 1. The highest BCUT2D eigenvalue weighted by molar-refractivity contribution is 6.05. The normalized spacial score (nSPS) is 23.3. The largest absolute Gasteiger partial charge is 0.345 e. The van der Waals surface area contributed by atoms with E-state index in [1.165, 1.54) is 45.2 Å². The molecular weight excluding hydrogens is 300 g/mol. The molecule has 2 saturated heterocycles. The fourth-order valence-electron chi connectivity index (χ4n) is 4.20. The molecule has 24 heavy (non-hydrogen) atoms. The Morgan fingerprint density at radius 1 is 1.12 bits per heavy atom. The molecule has 0 bridgehead atoms. The lowest BCUT2D eigenvalue weighted by Gasteiger charge is -2.39. The average molecular weight is 326 g/mol. The van der Waals surface area contributed by atoms with Crippen LogP contribution in [0.25, 0.3) is 11.0 Å². The van der Waals surface area contributed by atoms with Crippen molar-refractivity contribution in [1.29, 1.82) is 0 Å². The molecule has 2 fully saturated rings. The maximum absolute atomic E-state index is 13.0. The van der Waals surface area contributed by atoms with Crippen molar-refractivity contribution in [2.75, 3.05) is 26.2 Å². The highest BCUT2D eigenvalue weighted by atomic mass is 16.2. The fourth-order valence-corrected chi connectivity index (χ4v) is 4.20. The Morgan fingerprint density at radius 2 is 1.96 bits per heavy atom. The summed E-state index contributed by atoms with van der Waals surface area (Å²) in [6, 6.07) is 4.40. The zero-order valence-corrected chi connectivity index (χ0v) is 14.2. The van der Waals surface area contributed by atoms with Crippen molar-refractivity contribution in [2.45, 2.75) is 44.6 Å². The number of pyridine rings is 1. The number of H-pyrrole nitrogens is 1. The summed E-state index contributed by atoms with van der Waals surface area (Å²) < 4.78 is 0. The lowest BCUT2D eigenvalue weighted by atomic mass is 10.0. The van der Waals surface area contributed by atoms with Crippen LogP contribution in [-0.2, 0) is 0 Å². The second-order valence-corrected chi connectivity index (χ2v) is 7.10. The average Bonchev–Trinajstić information content (AvgIpc) is 2.87. The minimum atomic E-state index is 0.147. The standard InChI is InChI=1S/C19H26N4O/c24-19(17-13-21-18-16(17)8-5-9-20-18)23-12-6-7-15(14-23)22-10-3-1-2-4-11-22/h5,8-9,13,15H,1-4,6-7,10-12,14H2,(H,20,21)/t15-/m0/s1. The summed E-state index contributed by atoms with van der Waals surface area (Å²) in [5.74, 6) is 0.147. The summed E-state index contributed by atoms with van der Waals surface area (Å²) in [5.41, 5.74) is 1.55. The maximum Gasteiger partial charge on any atom is 0.256 e. The van der Waals surface area contributed by atoms with E-state index in [-0.39, 0.29) is 5.91 Å². The number of rotatable bonds is 2. The van der Waals surface area contributed by atoms with Gasteiger partial charge in [-0.3, -0.25) is 9.69 Å². The molecule has 1 atom stereocenters. The van der Waals surface area contributed by atoms with Crippen molar-refractivity contribution in [2.24, 2.45) is 0 Å². The molecule has 5 heteroatoms. The number of likely N-dealkylation sites (tertiary alicyclic amines) is 2. The third-order valence-electron chi connectivity index (χ3n) is 5.52. The summed E-state index contributed by atoms with van der Waals surface area (Å²) >= 11 is 0. The minimum Gasteiger partial charge on any atom is -0.345 e. The number of amides is 1. The quantitative estimate of drug-likeness (QED) is 0.923. The van der Waals surface area contributed by atoms with Crippen LogP contribution in [0.5, 0.6) is 0 Å². The Bertz CT molecular complexity index is 702. The molecule has 0 saturated carbocycles. The molecule has 2 aliphatic heterocycles. The van der Waals surface area contributed by atoms with E-state index >= 15 is 0 Å². The van der Waals surface area contributed by atoms with Gasteiger partial charge in [0, 0.05) is 36.9 Å². The Labute approximate surface area is 143 Å². The number of carbonyl (C=O) groups is 1. The van der Waals surface area contributed by atoms with Gasteiger partial charge in [0.2, 0.25) is 0 Å². The molecule has 2 aromatic heterocycles. The van der Waals surface area contributed by atoms with E-state index < -0.39 is 0 Å². The zero-order chi connectivity index (χ0) is 16.4. The number of piperidine rings is 1. The highest BCUT2D eigenvalue weighted by Gasteiger charge is 2.29. The van der Waals surface area contributed by atoms with Gasteiger partial charge in [0.1, 0.15) is 5.65 Å². The number of nitrogens with one attached hydrogen (secondary N) is 1. The molecule has 1 amide bonds. The molecule has 128 valence electrons. The Morgan fingerprint density at radius 3 is 2.79 bits per heavy atom. The van der Waals surface area contributed by atoms with Gasteiger partial charge in [-0.25, -0.2) is 4.98 Å². The van der Waals surface area contributed by atoms with E-state index in [4.69, 9.17) is 0 Å². The number of hydrogen-bond acceptors (Lipinski definition) is 3. The van der Waals surface area contributed by atoms with Gasteiger partial charge in [-0.05, 0) is 50.9 Å². The van der Waals surface area contributed by atoms with Crippen molar-refractivity contribution < 1.29 is 4.79 Å². The molecule has 0 spiro atoms. The fraction of sp³-hybridized carbons (Fsp3) is 0.579. The monoisotopic (exact) mass is 326 g/mol. The first kappa shape index (κ1) is 15.6. The molecule has 2 aromatic rings. The van der Waals surface area contributed by atoms with E-state index in [1.807, 2.05) is 18.3 Å². The molecule has 1 N–H and O–H groups in total. The summed E-state index contributed by atoms with van der Waals surface area (Å²) in [5, 5.41) is 0.930. The first-order valence-electron chi connectivity index (χ1n) is 9.28. The highest BCUT2D eigenvalue weighted by Crippen LogP contribution is 2.23. The topological polar surface area (TPSA) is 52.2 Å². The van der Waals surface area contributed by atoms with Crippen molar-refractivity contribution in [3.63, 3.8) is 0 Å². The van der Waals surface area contributed by atoms with E-state index in [9.17, 15) is 4.79 Å². The molecule has 0 aliphatic carbocycles. The molecule has 2 aliphatic rings. The Kier molecular flexibility index (Phi) is 4.52. The van der Waals surface area contributed by atoms with E-state index in [0.717, 1.165) is 36.1 Å². The van der Waals surface area contributed by atoms with Gasteiger partial charge in [-0.2, -0.15) is 0 Å². The predicted molar refractivity (Wildman–Crippen MR) is 95.1 cm³/mol.